The van der Waals surface area contributed by atoms with E-state index in [1.165, 1.54) is 0 Å². The Morgan fingerprint density at radius 1 is 1.20 bits per heavy atom. The van der Waals surface area contributed by atoms with Crippen LogP contribution in [0, 0.1) is 0 Å². The molecule has 1 fully saturated rings. The summed E-state index contributed by atoms with van der Waals surface area (Å²) in [6.07, 6.45) is 0.523. The van der Waals surface area contributed by atoms with Crippen molar-refractivity contribution in [1.82, 2.24) is 10.6 Å². The van der Waals surface area contributed by atoms with Gasteiger partial charge in [0.25, 0.3) is 5.91 Å². The molecule has 25 heavy (non-hydrogen) atoms. The summed E-state index contributed by atoms with van der Waals surface area (Å²) in [4.78, 5) is 27.5. The van der Waals surface area contributed by atoms with E-state index in [-0.39, 0.29) is 5.91 Å². The largest absolute Gasteiger partial charge is 0.444 e. The van der Waals surface area contributed by atoms with E-state index in [1.807, 2.05) is 58.0 Å². The van der Waals surface area contributed by atoms with Crippen LogP contribution in [-0.4, -0.2) is 42.8 Å². The first-order chi connectivity index (χ1) is 11.8. The molecule has 138 valence electrons. The minimum atomic E-state index is -0.945. The van der Waals surface area contributed by atoms with Gasteiger partial charge in [0.15, 0.2) is 0 Å². The predicted molar refractivity (Wildman–Crippen MR) is 98.7 cm³/mol. The van der Waals surface area contributed by atoms with E-state index in [0.717, 1.165) is 5.69 Å². The molecule has 0 radical (unpaired) electrons. The number of para-hydroxylation sites is 1. The molecule has 1 aliphatic heterocycles. The molecule has 0 aromatic heterocycles. The van der Waals surface area contributed by atoms with Crippen LogP contribution in [-0.2, 0) is 9.53 Å². The Hall–Kier alpha value is -2.08. The number of piperidine rings is 1. The summed E-state index contributed by atoms with van der Waals surface area (Å²) in [6.45, 7) is 9.26. The van der Waals surface area contributed by atoms with Crippen LogP contribution < -0.4 is 15.5 Å². The van der Waals surface area contributed by atoms with E-state index < -0.39 is 17.2 Å². The predicted octanol–water partition coefficient (Wildman–Crippen LogP) is 2.69. The maximum absolute atomic E-state index is 13.4. The number of anilines is 1. The first-order valence-electron chi connectivity index (χ1n) is 8.86. The number of amides is 2. The third-order valence-corrected chi connectivity index (χ3v) is 4.24. The van der Waals surface area contributed by atoms with Crippen LogP contribution in [0.5, 0.6) is 0 Å². The molecule has 2 rings (SSSR count). The van der Waals surface area contributed by atoms with Gasteiger partial charge in [-0.3, -0.25) is 4.79 Å². The average molecular weight is 347 g/mol. The maximum Gasteiger partial charge on any atom is 0.408 e. The summed E-state index contributed by atoms with van der Waals surface area (Å²) in [5.74, 6) is -0.0893. The van der Waals surface area contributed by atoms with Crippen LogP contribution in [0.25, 0.3) is 0 Å². The lowest BCUT2D eigenvalue weighted by molar-refractivity contribution is -0.126. The zero-order valence-electron chi connectivity index (χ0n) is 15.6. The molecule has 0 aliphatic carbocycles. The highest BCUT2D eigenvalue weighted by Crippen LogP contribution is 2.26. The molecule has 1 saturated heterocycles. The SMILES string of the molecule is CCN(C(=O)C1(NC(=O)OC(C)(C)C)CCNCC1)c1ccccc1. The fraction of sp³-hybridized carbons (Fsp3) is 0.579. The highest BCUT2D eigenvalue weighted by Gasteiger charge is 2.44. The molecule has 1 aromatic carbocycles. The van der Waals surface area contributed by atoms with Gasteiger partial charge in [-0.25, -0.2) is 4.79 Å². The second-order valence-corrected chi connectivity index (χ2v) is 7.34. The van der Waals surface area contributed by atoms with E-state index in [4.69, 9.17) is 4.74 Å². The first-order valence-corrected chi connectivity index (χ1v) is 8.86. The smallest absolute Gasteiger partial charge is 0.408 e. The summed E-state index contributed by atoms with van der Waals surface area (Å²) in [5.41, 5.74) is -0.719. The van der Waals surface area contributed by atoms with Crippen molar-refractivity contribution in [3.63, 3.8) is 0 Å². The van der Waals surface area contributed by atoms with Gasteiger partial charge in [0.2, 0.25) is 0 Å². The summed E-state index contributed by atoms with van der Waals surface area (Å²) in [5, 5.41) is 6.13. The van der Waals surface area contributed by atoms with Gasteiger partial charge in [-0.15, -0.1) is 0 Å². The van der Waals surface area contributed by atoms with Gasteiger partial charge in [0.1, 0.15) is 11.1 Å². The second kappa shape index (κ2) is 7.87. The minimum absolute atomic E-state index is 0.0893. The van der Waals surface area contributed by atoms with Gasteiger partial charge in [-0.1, -0.05) is 18.2 Å². The Morgan fingerprint density at radius 2 is 1.80 bits per heavy atom. The third-order valence-electron chi connectivity index (χ3n) is 4.24. The van der Waals surface area contributed by atoms with Crippen LogP contribution in [0.3, 0.4) is 0 Å². The van der Waals surface area contributed by atoms with Crippen LogP contribution in [0.4, 0.5) is 10.5 Å². The minimum Gasteiger partial charge on any atom is -0.444 e. The van der Waals surface area contributed by atoms with Crippen molar-refractivity contribution in [1.29, 1.82) is 0 Å². The zero-order chi connectivity index (χ0) is 18.5. The molecule has 1 aromatic rings. The molecular weight excluding hydrogens is 318 g/mol. The molecular formula is C19H29N3O3. The van der Waals surface area contributed by atoms with Crippen molar-refractivity contribution in [2.24, 2.45) is 0 Å². The number of hydrogen-bond donors (Lipinski definition) is 2. The Kier molecular flexibility index (Phi) is 6.06. The average Bonchev–Trinajstić information content (AvgIpc) is 2.55. The van der Waals surface area contributed by atoms with Crippen molar-refractivity contribution in [3.8, 4) is 0 Å². The summed E-state index contributed by atoms with van der Waals surface area (Å²) in [7, 11) is 0. The van der Waals surface area contributed by atoms with Crippen LogP contribution in [0.1, 0.15) is 40.5 Å². The molecule has 1 heterocycles. The lowest BCUT2D eigenvalue weighted by Crippen LogP contribution is -2.64. The number of carbonyl (C=O) groups is 2. The standard InChI is InChI=1S/C19H29N3O3/c1-5-22(15-9-7-6-8-10-15)16(23)19(11-13-20-14-12-19)21-17(24)25-18(2,3)4/h6-10,20H,5,11-14H2,1-4H3,(H,21,24). The Balaban J connectivity index is 2.26. The molecule has 2 N–H and O–H groups in total. The molecule has 0 unspecified atom stereocenters. The number of hydrogen-bond acceptors (Lipinski definition) is 4. The highest BCUT2D eigenvalue weighted by molar-refractivity contribution is 6.02. The number of rotatable bonds is 4. The first kappa shape index (κ1) is 19.2. The Labute approximate surface area is 149 Å². The van der Waals surface area contributed by atoms with Gasteiger partial charge in [0, 0.05) is 12.2 Å². The van der Waals surface area contributed by atoms with Crippen molar-refractivity contribution in [2.75, 3.05) is 24.5 Å². The quantitative estimate of drug-likeness (QED) is 0.878. The zero-order valence-corrected chi connectivity index (χ0v) is 15.6. The maximum atomic E-state index is 13.4. The normalized spacial score (nSPS) is 16.8. The molecule has 0 atom stereocenters. The molecule has 0 spiro atoms. The summed E-state index contributed by atoms with van der Waals surface area (Å²) < 4.78 is 5.39. The Morgan fingerprint density at radius 3 is 2.32 bits per heavy atom. The highest BCUT2D eigenvalue weighted by atomic mass is 16.6. The van der Waals surface area contributed by atoms with E-state index in [1.54, 1.807) is 4.90 Å². The summed E-state index contributed by atoms with van der Waals surface area (Å²) >= 11 is 0. The number of alkyl carbamates (subject to hydrolysis) is 1. The van der Waals surface area contributed by atoms with Gasteiger partial charge in [-0.2, -0.15) is 0 Å². The van der Waals surface area contributed by atoms with Crippen molar-refractivity contribution < 1.29 is 14.3 Å². The number of carbonyl (C=O) groups excluding carboxylic acids is 2. The van der Waals surface area contributed by atoms with E-state index in [0.29, 0.717) is 32.5 Å². The second-order valence-electron chi connectivity index (χ2n) is 7.34. The topological polar surface area (TPSA) is 70.7 Å². The lowest BCUT2D eigenvalue weighted by Gasteiger charge is -2.40. The van der Waals surface area contributed by atoms with Crippen molar-refractivity contribution >= 4 is 17.7 Å². The third kappa shape index (κ3) is 4.95. The molecule has 6 heteroatoms. The van der Waals surface area contributed by atoms with Crippen LogP contribution in [0.2, 0.25) is 0 Å². The number of benzene rings is 1. The molecule has 0 bridgehead atoms. The van der Waals surface area contributed by atoms with Gasteiger partial charge < -0.3 is 20.3 Å². The van der Waals surface area contributed by atoms with Gasteiger partial charge in [0.05, 0.1) is 0 Å². The van der Waals surface area contributed by atoms with Crippen LogP contribution >= 0.6 is 0 Å². The Bertz CT molecular complexity index is 590. The fourth-order valence-corrected chi connectivity index (χ4v) is 3.05. The molecule has 1 aliphatic rings. The number of likely N-dealkylation sites (N-methyl/N-ethyl adjacent to an activating group) is 1. The number of nitrogens with zero attached hydrogens (tertiary/aromatic N) is 1. The monoisotopic (exact) mass is 347 g/mol. The summed E-state index contributed by atoms with van der Waals surface area (Å²) in [6, 6.07) is 9.54. The van der Waals surface area contributed by atoms with Gasteiger partial charge >= 0.3 is 6.09 Å². The number of ether oxygens (including phenoxy) is 1. The van der Waals surface area contributed by atoms with Gasteiger partial charge in [-0.05, 0) is 65.8 Å². The lowest BCUT2D eigenvalue weighted by atomic mass is 9.86. The fourth-order valence-electron chi connectivity index (χ4n) is 3.05. The van der Waals surface area contributed by atoms with E-state index >= 15 is 0 Å². The van der Waals surface area contributed by atoms with Crippen LogP contribution in [0.15, 0.2) is 30.3 Å². The molecule has 2 amide bonds. The van der Waals surface area contributed by atoms with E-state index in [2.05, 4.69) is 10.6 Å². The number of nitrogens with one attached hydrogen (secondary N) is 2. The van der Waals surface area contributed by atoms with Crippen molar-refractivity contribution in [2.45, 2.75) is 51.7 Å². The van der Waals surface area contributed by atoms with Crippen molar-refractivity contribution in [3.05, 3.63) is 30.3 Å². The van der Waals surface area contributed by atoms with E-state index in [9.17, 15) is 9.59 Å². The molecule has 0 saturated carbocycles. The molecule has 6 nitrogen and oxygen atoms in total.